The minimum Gasteiger partial charge on any atom is -0.469 e. The van der Waals surface area contributed by atoms with Gasteiger partial charge in [0.15, 0.2) is 0 Å². The van der Waals surface area contributed by atoms with E-state index < -0.39 is 13.0 Å². The molecule has 0 saturated carbocycles. The maximum atomic E-state index is 11.2. The van der Waals surface area contributed by atoms with Gasteiger partial charge < -0.3 is 4.74 Å². The first-order valence-corrected chi connectivity index (χ1v) is 8.49. The van der Waals surface area contributed by atoms with Crippen LogP contribution in [0.2, 0.25) is 0 Å². The standard InChI is InChI=1S/C19H34O2/c1-3-4-5-6-7-8-9-10-11-12-13-14-15-16-17-18-19(20)21-2/h7-10H,3-6,11-18H2,1-2H3/b8-7+,10-9+/i2D3. The molecule has 0 heterocycles. The van der Waals surface area contributed by atoms with Crippen LogP contribution in [-0.4, -0.2) is 13.0 Å². The van der Waals surface area contributed by atoms with Gasteiger partial charge in [-0.1, -0.05) is 69.8 Å². The minimum atomic E-state index is -2.60. The van der Waals surface area contributed by atoms with E-state index in [1.807, 2.05) is 0 Å². The van der Waals surface area contributed by atoms with Crippen molar-refractivity contribution >= 4 is 5.97 Å². The van der Waals surface area contributed by atoms with Crippen LogP contribution in [0.15, 0.2) is 24.3 Å². The molecule has 2 heteroatoms. The molecule has 0 rings (SSSR count). The summed E-state index contributed by atoms with van der Waals surface area (Å²) in [7, 11) is -2.60. The molecule has 0 aromatic rings. The van der Waals surface area contributed by atoms with E-state index in [1.165, 1.54) is 38.5 Å². The Hall–Kier alpha value is -1.05. The van der Waals surface area contributed by atoms with Crippen LogP contribution in [-0.2, 0) is 9.53 Å². The first kappa shape index (κ1) is 14.9. The van der Waals surface area contributed by atoms with Crippen molar-refractivity contribution in [3.05, 3.63) is 24.3 Å². The van der Waals surface area contributed by atoms with Crippen LogP contribution in [0.25, 0.3) is 0 Å². The lowest BCUT2D eigenvalue weighted by Gasteiger charge is -2.00. The fourth-order valence-corrected chi connectivity index (χ4v) is 2.15. The second kappa shape index (κ2) is 17.0. The number of hydrogen-bond donors (Lipinski definition) is 0. The fourth-order valence-electron chi connectivity index (χ4n) is 2.15. The summed E-state index contributed by atoms with van der Waals surface area (Å²) in [6.45, 7) is 2.22. The lowest BCUT2D eigenvalue weighted by Crippen LogP contribution is -1.99. The Morgan fingerprint density at radius 2 is 1.48 bits per heavy atom. The van der Waals surface area contributed by atoms with E-state index >= 15 is 0 Å². The molecule has 0 N–H and O–H groups in total. The number of unbranched alkanes of at least 4 members (excludes halogenated alkanes) is 9. The summed E-state index contributed by atoms with van der Waals surface area (Å²) in [5, 5.41) is 0. The van der Waals surface area contributed by atoms with Crippen LogP contribution in [0.5, 0.6) is 0 Å². The van der Waals surface area contributed by atoms with Crippen molar-refractivity contribution < 1.29 is 13.6 Å². The topological polar surface area (TPSA) is 26.3 Å². The normalized spacial score (nSPS) is 14.2. The zero-order valence-electron chi connectivity index (χ0n) is 16.6. The van der Waals surface area contributed by atoms with E-state index in [-0.39, 0.29) is 6.42 Å². The first-order chi connectivity index (χ1) is 11.5. The van der Waals surface area contributed by atoms with Crippen LogP contribution in [0, 0.1) is 0 Å². The van der Waals surface area contributed by atoms with Gasteiger partial charge in [0, 0.05) is 6.42 Å². The highest BCUT2D eigenvalue weighted by Crippen LogP contribution is 2.09. The molecule has 0 bridgehead atoms. The van der Waals surface area contributed by atoms with Crippen LogP contribution >= 0.6 is 0 Å². The molecule has 0 fully saturated rings. The molecular weight excluding hydrogens is 260 g/mol. The number of hydrogen-bond acceptors (Lipinski definition) is 2. The fraction of sp³-hybridized carbons (Fsp3) is 0.737. The summed E-state index contributed by atoms with van der Waals surface area (Å²) in [6, 6.07) is 0. The molecule has 0 radical (unpaired) electrons. The smallest absolute Gasteiger partial charge is 0.305 e. The van der Waals surface area contributed by atoms with Gasteiger partial charge >= 0.3 is 5.97 Å². The van der Waals surface area contributed by atoms with Gasteiger partial charge in [0.1, 0.15) is 0 Å². The van der Waals surface area contributed by atoms with E-state index in [2.05, 4.69) is 36.0 Å². The third-order valence-electron chi connectivity index (χ3n) is 3.47. The van der Waals surface area contributed by atoms with E-state index in [0.29, 0.717) is 6.42 Å². The Morgan fingerprint density at radius 3 is 2.10 bits per heavy atom. The maximum absolute atomic E-state index is 11.2. The molecule has 0 aliphatic rings. The minimum absolute atomic E-state index is 0.200. The monoisotopic (exact) mass is 297 g/mol. The predicted octanol–water partition coefficient (Wildman–Crippen LogP) is 5.97. The Morgan fingerprint density at radius 1 is 0.905 bits per heavy atom. The predicted molar refractivity (Wildman–Crippen MR) is 91.4 cm³/mol. The maximum Gasteiger partial charge on any atom is 0.305 e. The van der Waals surface area contributed by atoms with Crippen LogP contribution in [0.1, 0.15) is 88.1 Å². The van der Waals surface area contributed by atoms with Gasteiger partial charge in [0.05, 0.1) is 11.2 Å². The molecule has 0 atom stereocenters. The molecule has 0 aliphatic carbocycles. The van der Waals surface area contributed by atoms with Crippen molar-refractivity contribution in [2.75, 3.05) is 7.04 Å². The van der Waals surface area contributed by atoms with Crippen molar-refractivity contribution in [3.8, 4) is 0 Å². The number of rotatable bonds is 14. The Balaban J connectivity index is 3.32. The van der Waals surface area contributed by atoms with Gasteiger partial charge in [-0.05, 0) is 32.1 Å². The number of esters is 1. The lowest BCUT2D eigenvalue weighted by molar-refractivity contribution is -0.140. The number of carbonyl (C=O) groups is 1. The Labute approximate surface area is 135 Å². The van der Waals surface area contributed by atoms with Crippen LogP contribution < -0.4 is 0 Å². The molecule has 0 spiro atoms. The highest BCUT2D eigenvalue weighted by Gasteiger charge is 1.98. The van der Waals surface area contributed by atoms with Crippen LogP contribution in [0.4, 0.5) is 0 Å². The van der Waals surface area contributed by atoms with Gasteiger partial charge in [-0.3, -0.25) is 4.79 Å². The number of methoxy groups -OCH3 is 1. The van der Waals surface area contributed by atoms with E-state index in [4.69, 9.17) is 4.11 Å². The molecule has 0 aromatic heterocycles. The van der Waals surface area contributed by atoms with Crippen molar-refractivity contribution in [2.45, 2.75) is 84.0 Å². The lowest BCUT2D eigenvalue weighted by atomic mass is 10.1. The number of carbonyl (C=O) groups excluding carboxylic acids is 1. The molecule has 0 aliphatic heterocycles. The molecule has 21 heavy (non-hydrogen) atoms. The summed E-state index contributed by atoms with van der Waals surface area (Å²) < 4.78 is 24.8. The summed E-state index contributed by atoms with van der Waals surface area (Å²) in [5.74, 6) is -0.622. The highest BCUT2D eigenvalue weighted by atomic mass is 16.5. The molecule has 0 aromatic carbocycles. The number of allylic oxidation sites excluding steroid dienone is 4. The third kappa shape index (κ3) is 16.9. The van der Waals surface area contributed by atoms with E-state index in [0.717, 1.165) is 25.7 Å². The van der Waals surface area contributed by atoms with Gasteiger partial charge in [0.2, 0.25) is 0 Å². The summed E-state index contributed by atoms with van der Waals surface area (Å²) in [6.07, 6.45) is 21.4. The number of ether oxygens (including phenoxy) is 1. The molecule has 0 saturated heterocycles. The Bertz CT molecular complexity index is 360. The first-order valence-electron chi connectivity index (χ1n) is 9.99. The SMILES string of the molecule is [2H]C([2H])([2H])OC(=O)CCCCCCCC/C=C/C=C/CCCCC. The Kier molecular flexibility index (Phi) is 12.0. The zero-order chi connectivity index (χ0) is 18.1. The largest absolute Gasteiger partial charge is 0.469 e. The van der Waals surface area contributed by atoms with Crippen molar-refractivity contribution in [1.82, 2.24) is 0 Å². The molecule has 0 amide bonds. The van der Waals surface area contributed by atoms with Crippen LogP contribution in [0.3, 0.4) is 0 Å². The van der Waals surface area contributed by atoms with Gasteiger partial charge in [-0.25, -0.2) is 0 Å². The van der Waals surface area contributed by atoms with Crippen molar-refractivity contribution in [3.63, 3.8) is 0 Å². The van der Waals surface area contributed by atoms with E-state index in [1.54, 1.807) is 0 Å². The molecular formula is C19H34O2. The van der Waals surface area contributed by atoms with Gasteiger partial charge in [-0.15, -0.1) is 0 Å². The summed E-state index contributed by atoms with van der Waals surface area (Å²) in [4.78, 5) is 11.2. The average Bonchev–Trinajstić information content (AvgIpc) is 2.49. The second-order valence-corrected chi connectivity index (χ2v) is 5.49. The zero-order valence-corrected chi connectivity index (χ0v) is 13.6. The second-order valence-electron chi connectivity index (χ2n) is 5.49. The quantitative estimate of drug-likeness (QED) is 0.224. The summed E-state index contributed by atoms with van der Waals surface area (Å²) in [5.41, 5.74) is 0. The van der Waals surface area contributed by atoms with Crippen molar-refractivity contribution in [2.24, 2.45) is 0 Å². The van der Waals surface area contributed by atoms with E-state index in [9.17, 15) is 4.79 Å². The van der Waals surface area contributed by atoms with Gasteiger partial charge in [-0.2, -0.15) is 0 Å². The average molecular weight is 297 g/mol. The molecule has 0 unspecified atom stereocenters. The summed E-state index contributed by atoms with van der Waals surface area (Å²) >= 11 is 0. The highest BCUT2D eigenvalue weighted by molar-refractivity contribution is 5.68. The molecule has 2 nitrogen and oxygen atoms in total. The van der Waals surface area contributed by atoms with Crippen molar-refractivity contribution in [1.29, 1.82) is 0 Å². The third-order valence-corrected chi connectivity index (χ3v) is 3.47. The molecule has 122 valence electrons. The van der Waals surface area contributed by atoms with Gasteiger partial charge in [0.25, 0.3) is 0 Å².